The lowest BCUT2D eigenvalue weighted by molar-refractivity contribution is 0.0746. The SMILES string of the molecule is CCOc1ccc([C@H]2c3c(-c4ccccc4O)n[nH]c3C(=O)N2CCc2ccc(OC)cc2)cc1. The summed E-state index contributed by atoms with van der Waals surface area (Å²) in [6.07, 6.45) is 0.687. The number of aromatic amines is 1. The number of methoxy groups -OCH3 is 1. The Bertz CT molecular complexity index is 1330. The number of carbonyl (C=O) groups is 1. The molecule has 0 unspecified atom stereocenters. The fourth-order valence-corrected chi connectivity index (χ4v) is 4.61. The zero-order valence-electron chi connectivity index (χ0n) is 19.7. The van der Waals surface area contributed by atoms with E-state index in [1.165, 1.54) is 0 Å². The monoisotopic (exact) mass is 469 g/mol. The summed E-state index contributed by atoms with van der Waals surface area (Å²) in [5.41, 5.74) is 4.46. The van der Waals surface area contributed by atoms with Crippen molar-refractivity contribution in [1.29, 1.82) is 0 Å². The fourth-order valence-electron chi connectivity index (χ4n) is 4.61. The number of amides is 1. The van der Waals surface area contributed by atoms with Crippen LogP contribution in [0, 0.1) is 0 Å². The number of aromatic hydroxyl groups is 1. The van der Waals surface area contributed by atoms with Gasteiger partial charge in [-0.3, -0.25) is 9.89 Å². The summed E-state index contributed by atoms with van der Waals surface area (Å²) in [4.78, 5) is 15.4. The predicted octanol–water partition coefficient (Wildman–Crippen LogP) is 4.98. The van der Waals surface area contributed by atoms with E-state index in [1.807, 2.05) is 72.5 Å². The number of nitrogens with zero attached hydrogens (tertiary/aromatic N) is 2. The Morgan fingerprint density at radius 3 is 2.40 bits per heavy atom. The molecule has 1 aromatic heterocycles. The van der Waals surface area contributed by atoms with E-state index in [2.05, 4.69) is 10.2 Å². The van der Waals surface area contributed by atoms with Crippen LogP contribution < -0.4 is 9.47 Å². The molecule has 1 amide bonds. The number of aromatic nitrogens is 2. The van der Waals surface area contributed by atoms with E-state index >= 15 is 0 Å². The maximum absolute atomic E-state index is 13.5. The van der Waals surface area contributed by atoms with Gasteiger partial charge in [0.25, 0.3) is 5.91 Å². The van der Waals surface area contributed by atoms with E-state index in [4.69, 9.17) is 9.47 Å². The second-order valence-corrected chi connectivity index (χ2v) is 8.38. The van der Waals surface area contributed by atoms with Crippen molar-refractivity contribution in [2.24, 2.45) is 0 Å². The fraction of sp³-hybridized carbons (Fsp3) is 0.214. The van der Waals surface area contributed by atoms with Crippen LogP contribution in [0.4, 0.5) is 0 Å². The minimum absolute atomic E-state index is 0.110. The van der Waals surface area contributed by atoms with Gasteiger partial charge in [0, 0.05) is 17.7 Å². The number of fused-ring (bicyclic) bond motifs is 1. The minimum Gasteiger partial charge on any atom is -0.507 e. The van der Waals surface area contributed by atoms with E-state index in [-0.39, 0.29) is 17.7 Å². The third kappa shape index (κ3) is 4.21. The van der Waals surface area contributed by atoms with Gasteiger partial charge in [-0.2, -0.15) is 5.10 Å². The van der Waals surface area contributed by atoms with Crippen molar-refractivity contribution < 1.29 is 19.4 Å². The predicted molar refractivity (Wildman–Crippen MR) is 133 cm³/mol. The van der Waals surface area contributed by atoms with Crippen molar-refractivity contribution in [1.82, 2.24) is 15.1 Å². The van der Waals surface area contributed by atoms with Gasteiger partial charge in [-0.15, -0.1) is 0 Å². The number of carbonyl (C=O) groups excluding carboxylic acids is 1. The van der Waals surface area contributed by atoms with Crippen LogP contribution in [0.15, 0.2) is 72.8 Å². The smallest absolute Gasteiger partial charge is 0.273 e. The third-order valence-electron chi connectivity index (χ3n) is 6.33. The van der Waals surface area contributed by atoms with Crippen molar-refractivity contribution >= 4 is 5.91 Å². The molecule has 4 aromatic rings. The number of phenols is 1. The molecule has 0 aliphatic carbocycles. The lowest BCUT2D eigenvalue weighted by Crippen LogP contribution is -2.31. The molecule has 1 aliphatic heterocycles. The van der Waals surface area contributed by atoms with Gasteiger partial charge in [0.2, 0.25) is 0 Å². The lowest BCUT2D eigenvalue weighted by atomic mass is 9.95. The van der Waals surface area contributed by atoms with Crippen molar-refractivity contribution in [2.75, 3.05) is 20.3 Å². The van der Waals surface area contributed by atoms with Gasteiger partial charge in [-0.25, -0.2) is 0 Å². The highest BCUT2D eigenvalue weighted by Crippen LogP contribution is 2.44. The molecule has 0 fully saturated rings. The Hall–Kier alpha value is -4.26. The molecule has 0 radical (unpaired) electrons. The molecule has 0 spiro atoms. The first kappa shape index (κ1) is 22.5. The zero-order chi connectivity index (χ0) is 24.4. The van der Waals surface area contributed by atoms with Gasteiger partial charge in [0.1, 0.15) is 28.6 Å². The molecule has 5 rings (SSSR count). The average Bonchev–Trinajstić information content (AvgIpc) is 3.43. The minimum atomic E-state index is -0.347. The van der Waals surface area contributed by atoms with Crippen LogP contribution in [-0.2, 0) is 6.42 Å². The Morgan fingerprint density at radius 1 is 1.00 bits per heavy atom. The van der Waals surface area contributed by atoms with E-state index in [0.717, 1.165) is 28.2 Å². The summed E-state index contributed by atoms with van der Waals surface area (Å²) in [6.45, 7) is 3.05. The lowest BCUT2D eigenvalue weighted by Gasteiger charge is -2.26. The number of phenolic OH excluding ortho intramolecular Hbond substituents is 1. The number of nitrogens with one attached hydrogen (secondary N) is 1. The zero-order valence-corrected chi connectivity index (χ0v) is 19.7. The number of hydrogen-bond acceptors (Lipinski definition) is 5. The van der Waals surface area contributed by atoms with Gasteiger partial charge >= 0.3 is 0 Å². The summed E-state index contributed by atoms with van der Waals surface area (Å²) in [5.74, 6) is 1.59. The number of hydrogen-bond donors (Lipinski definition) is 2. The summed E-state index contributed by atoms with van der Waals surface area (Å²) >= 11 is 0. The molecule has 7 heteroatoms. The maximum Gasteiger partial charge on any atom is 0.273 e. The molecule has 35 heavy (non-hydrogen) atoms. The number of ether oxygens (including phenoxy) is 2. The first-order chi connectivity index (χ1) is 17.1. The van der Waals surface area contributed by atoms with E-state index < -0.39 is 0 Å². The molecule has 3 aromatic carbocycles. The summed E-state index contributed by atoms with van der Waals surface area (Å²) < 4.78 is 10.9. The van der Waals surface area contributed by atoms with Crippen molar-refractivity contribution in [3.63, 3.8) is 0 Å². The maximum atomic E-state index is 13.5. The van der Waals surface area contributed by atoms with Crippen molar-refractivity contribution in [3.8, 4) is 28.5 Å². The van der Waals surface area contributed by atoms with Crippen LogP contribution >= 0.6 is 0 Å². The highest BCUT2D eigenvalue weighted by atomic mass is 16.5. The van der Waals surface area contributed by atoms with E-state index in [1.54, 1.807) is 19.2 Å². The van der Waals surface area contributed by atoms with Crippen LogP contribution in [-0.4, -0.2) is 46.4 Å². The van der Waals surface area contributed by atoms with Crippen molar-refractivity contribution in [2.45, 2.75) is 19.4 Å². The standard InChI is InChI=1S/C28H27N3O4/c1-3-35-21-14-10-19(11-15-21)27-24-25(22-6-4-5-7-23(22)32)29-30-26(24)28(33)31(27)17-16-18-8-12-20(34-2)13-9-18/h4-15,27,32H,3,16-17H2,1-2H3,(H,29,30)/t27-/m0/s1. The Balaban J connectivity index is 1.53. The Labute approximate surface area is 203 Å². The molecular weight excluding hydrogens is 442 g/mol. The van der Waals surface area contributed by atoms with Gasteiger partial charge in [-0.1, -0.05) is 36.4 Å². The first-order valence-electron chi connectivity index (χ1n) is 11.6. The summed E-state index contributed by atoms with van der Waals surface area (Å²) in [7, 11) is 1.64. The second-order valence-electron chi connectivity index (χ2n) is 8.38. The van der Waals surface area contributed by atoms with Gasteiger partial charge in [-0.05, 0) is 60.9 Å². The Morgan fingerprint density at radius 2 is 1.71 bits per heavy atom. The molecule has 0 bridgehead atoms. The van der Waals surface area contributed by atoms with Gasteiger partial charge in [0.05, 0.1) is 19.8 Å². The molecule has 2 heterocycles. The largest absolute Gasteiger partial charge is 0.507 e. The molecule has 0 saturated carbocycles. The highest BCUT2D eigenvalue weighted by Gasteiger charge is 2.42. The molecule has 0 saturated heterocycles. The second kappa shape index (κ2) is 9.54. The normalized spacial score (nSPS) is 14.7. The van der Waals surface area contributed by atoms with Crippen LogP contribution in [0.5, 0.6) is 17.2 Å². The number of H-pyrrole nitrogens is 1. The average molecular weight is 470 g/mol. The van der Waals surface area contributed by atoms with Crippen LogP contribution in [0.25, 0.3) is 11.3 Å². The molecule has 2 N–H and O–H groups in total. The number of para-hydroxylation sites is 1. The highest BCUT2D eigenvalue weighted by molar-refractivity contribution is 6.00. The molecule has 178 valence electrons. The van der Waals surface area contributed by atoms with Gasteiger partial charge in [0.15, 0.2) is 0 Å². The molecule has 1 atom stereocenters. The number of rotatable bonds is 8. The van der Waals surface area contributed by atoms with Crippen LogP contribution in [0.1, 0.15) is 40.1 Å². The van der Waals surface area contributed by atoms with E-state index in [0.29, 0.717) is 36.5 Å². The Kier molecular flexibility index (Phi) is 6.14. The molecule has 1 aliphatic rings. The molecular formula is C28H27N3O4. The summed E-state index contributed by atoms with van der Waals surface area (Å²) in [5, 5.41) is 17.9. The van der Waals surface area contributed by atoms with Gasteiger partial charge < -0.3 is 19.5 Å². The van der Waals surface area contributed by atoms with Crippen molar-refractivity contribution in [3.05, 3.63) is 95.2 Å². The van der Waals surface area contributed by atoms with Crippen LogP contribution in [0.2, 0.25) is 0 Å². The first-order valence-corrected chi connectivity index (χ1v) is 11.6. The molecule has 7 nitrogen and oxygen atoms in total. The summed E-state index contributed by atoms with van der Waals surface area (Å²) in [6, 6.07) is 22.4. The van der Waals surface area contributed by atoms with Crippen LogP contribution in [0.3, 0.4) is 0 Å². The topological polar surface area (TPSA) is 87.7 Å². The number of benzene rings is 3. The quantitative estimate of drug-likeness (QED) is 0.380. The third-order valence-corrected chi connectivity index (χ3v) is 6.33. The van der Waals surface area contributed by atoms with E-state index in [9.17, 15) is 9.90 Å².